The van der Waals surface area contributed by atoms with Crippen LogP contribution in [-0.4, -0.2) is 29.2 Å². The first-order valence-corrected chi connectivity index (χ1v) is 9.73. The molecule has 0 saturated carbocycles. The zero-order chi connectivity index (χ0) is 17.7. The first-order valence-electron chi connectivity index (χ1n) is 9.73. The van der Waals surface area contributed by atoms with Crippen LogP contribution >= 0.6 is 0 Å². The van der Waals surface area contributed by atoms with Crippen LogP contribution in [0.2, 0.25) is 0 Å². The predicted octanol–water partition coefficient (Wildman–Crippen LogP) is 3.69. The molecular formula is C23H23NO2. The molecule has 1 saturated heterocycles. The molecule has 1 unspecified atom stereocenters. The lowest BCUT2D eigenvalue weighted by atomic mass is 9.74. The number of ketones is 1. The maximum Gasteiger partial charge on any atom is 0.254 e. The lowest BCUT2D eigenvalue weighted by Crippen LogP contribution is -2.49. The number of fused-ring (bicyclic) bond motifs is 4. The lowest BCUT2D eigenvalue weighted by Gasteiger charge is -2.45. The molecule has 2 aromatic rings. The van der Waals surface area contributed by atoms with Gasteiger partial charge < -0.3 is 4.90 Å². The molecule has 0 bridgehead atoms. The van der Waals surface area contributed by atoms with Gasteiger partial charge in [-0.05, 0) is 60.1 Å². The number of piperidine rings is 1. The summed E-state index contributed by atoms with van der Waals surface area (Å²) in [6, 6.07) is 14.9. The maximum absolute atomic E-state index is 13.3. The second kappa shape index (κ2) is 6.08. The van der Waals surface area contributed by atoms with Crippen molar-refractivity contribution in [3.05, 3.63) is 70.3 Å². The van der Waals surface area contributed by atoms with Crippen molar-refractivity contribution in [3.63, 3.8) is 0 Å². The summed E-state index contributed by atoms with van der Waals surface area (Å²) in [5, 5.41) is 0. The third-order valence-electron chi connectivity index (χ3n) is 6.43. The van der Waals surface area contributed by atoms with Crippen LogP contribution in [0.4, 0.5) is 0 Å². The van der Waals surface area contributed by atoms with E-state index >= 15 is 0 Å². The number of aryl methyl sites for hydroxylation is 1. The largest absolute Gasteiger partial charge is 0.335 e. The average Bonchev–Trinajstić information content (AvgIpc) is 3.06. The molecule has 2 aromatic carbocycles. The van der Waals surface area contributed by atoms with E-state index in [4.69, 9.17) is 0 Å². The number of hydrogen-bond acceptors (Lipinski definition) is 2. The van der Waals surface area contributed by atoms with E-state index < -0.39 is 0 Å². The topological polar surface area (TPSA) is 37.4 Å². The second-order valence-corrected chi connectivity index (χ2v) is 7.93. The van der Waals surface area contributed by atoms with Crippen LogP contribution in [-0.2, 0) is 24.1 Å². The van der Waals surface area contributed by atoms with E-state index in [1.165, 1.54) is 17.5 Å². The fraction of sp³-hybridized carbons (Fsp3) is 0.391. The van der Waals surface area contributed by atoms with Gasteiger partial charge in [0.05, 0.1) is 0 Å². The molecule has 132 valence electrons. The van der Waals surface area contributed by atoms with E-state index in [-0.39, 0.29) is 11.7 Å². The Bertz CT molecular complexity index is 901. The SMILES string of the molecule is O=C1Cc2ccc(C(=O)N3CCCC4c5ccccc5CC[C@@H]43)cc2C1. The summed E-state index contributed by atoms with van der Waals surface area (Å²) in [5.41, 5.74) is 5.79. The van der Waals surface area contributed by atoms with E-state index in [2.05, 4.69) is 29.2 Å². The summed E-state index contributed by atoms with van der Waals surface area (Å²) >= 11 is 0. The molecule has 3 aliphatic rings. The molecule has 0 spiro atoms. The van der Waals surface area contributed by atoms with Crippen LogP contribution in [0, 0.1) is 0 Å². The number of likely N-dealkylation sites (tertiary alicyclic amines) is 1. The van der Waals surface area contributed by atoms with E-state index in [1.54, 1.807) is 0 Å². The van der Waals surface area contributed by atoms with E-state index in [9.17, 15) is 9.59 Å². The predicted molar refractivity (Wildman–Crippen MR) is 100 cm³/mol. The Morgan fingerprint density at radius 3 is 2.73 bits per heavy atom. The Kier molecular flexibility index (Phi) is 3.70. The van der Waals surface area contributed by atoms with Crippen molar-refractivity contribution in [1.82, 2.24) is 4.90 Å². The van der Waals surface area contributed by atoms with Crippen molar-refractivity contribution < 1.29 is 9.59 Å². The molecule has 1 heterocycles. The van der Waals surface area contributed by atoms with Crippen molar-refractivity contribution in [1.29, 1.82) is 0 Å². The summed E-state index contributed by atoms with van der Waals surface area (Å²) in [5.74, 6) is 0.862. The number of carbonyl (C=O) groups excluding carboxylic acids is 2. The van der Waals surface area contributed by atoms with Gasteiger partial charge in [-0.2, -0.15) is 0 Å². The number of nitrogens with zero attached hydrogens (tertiary/aromatic N) is 1. The van der Waals surface area contributed by atoms with Crippen molar-refractivity contribution in [2.45, 2.75) is 50.5 Å². The Balaban J connectivity index is 1.45. The molecule has 1 fully saturated rings. The summed E-state index contributed by atoms with van der Waals surface area (Å²) in [7, 11) is 0. The Morgan fingerprint density at radius 2 is 1.81 bits per heavy atom. The smallest absolute Gasteiger partial charge is 0.254 e. The van der Waals surface area contributed by atoms with Gasteiger partial charge in [-0.25, -0.2) is 0 Å². The zero-order valence-electron chi connectivity index (χ0n) is 14.9. The second-order valence-electron chi connectivity index (χ2n) is 7.93. The van der Waals surface area contributed by atoms with Gasteiger partial charge in [0.2, 0.25) is 0 Å². The first kappa shape index (κ1) is 15.8. The van der Waals surface area contributed by atoms with Gasteiger partial charge >= 0.3 is 0 Å². The highest BCUT2D eigenvalue weighted by atomic mass is 16.2. The number of benzene rings is 2. The minimum absolute atomic E-state index is 0.140. The molecule has 26 heavy (non-hydrogen) atoms. The molecule has 5 rings (SSSR count). The molecule has 2 atom stereocenters. The highest BCUT2D eigenvalue weighted by molar-refractivity contribution is 5.96. The van der Waals surface area contributed by atoms with Gasteiger partial charge in [-0.15, -0.1) is 0 Å². The molecule has 2 aliphatic carbocycles. The van der Waals surface area contributed by atoms with Crippen molar-refractivity contribution in [2.75, 3.05) is 6.54 Å². The Hall–Kier alpha value is -2.42. The fourth-order valence-corrected chi connectivity index (χ4v) is 5.21. The van der Waals surface area contributed by atoms with Gasteiger partial charge in [-0.3, -0.25) is 9.59 Å². The third kappa shape index (κ3) is 2.49. The number of rotatable bonds is 1. The van der Waals surface area contributed by atoms with Gasteiger partial charge in [0, 0.05) is 36.9 Å². The number of hydrogen-bond donors (Lipinski definition) is 0. The fourth-order valence-electron chi connectivity index (χ4n) is 5.21. The van der Waals surface area contributed by atoms with Gasteiger partial charge in [0.25, 0.3) is 5.91 Å². The normalized spacial score (nSPS) is 24.0. The van der Waals surface area contributed by atoms with Crippen LogP contribution in [0.5, 0.6) is 0 Å². The summed E-state index contributed by atoms with van der Waals surface area (Å²) in [6.45, 7) is 0.845. The third-order valence-corrected chi connectivity index (χ3v) is 6.43. The molecule has 3 heteroatoms. The summed E-state index contributed by atoms with van der Waals surface area (Å²) in [6.07, 6.45) is 5.34. The van der Waals surface area contributed by atoms with E-state index in [1.807, 2.05) is 18.2 Å². The van der Waals surface area contributed by atoms with Gasteiger partial charge in [0.1, 0.15) is 5.78 Å². The van der Waals surface area contributed by atoms with Crippen LogP contribution < -0.4 is 0 Å². The van der Waals surface area contributed by atoms with Gasteiger partial charge in [-0.1, -0.05) is 30.3 Å². The van der Waals surface area contributed by atoms with Crippen molar-refractivity contribution >= 4 is 11.7 Å². The van der Waals surface area contributed by atoms with E-state index in [0.29, 0.717) is 24.8 Å². The summed E-state index contributed by atoms with van der Waals surface area (Å²) in [4.78, 5) is 27.1. The van der Waals surface area contributed by atoms with Gasteiger partial charge in [0.15, 0.2) is 0 Å². The highest BCUT2D eigenvalue weighted by Crippen LogP contribution is 2.41. The Morgan fingerprint density at radius 1 is 0.962 bits per heavy atom. The number of carbonyl (C=O) groups is 2. The van der Waals surface area contributed by atoms with E-state index in [0.717, 1.165) is 42.5 Å². The molecule has 0 N–H and O–H groups in total. The average molecular weight is 345 g/mol. The Labute approximate surface area is 154 Å². The minimum Gasteiger partial charge on any atom is -0.335 e. The quantitative estimate of drug-likeness (QED) is 0.790. The minimum atomic E-state index is 0.140. The van der Waals surface area contributed by atoms with Crippen LogP contribution in [0.15, 0.2) is 42.5 Å². The van der Waals surface area contributed by atoms with Crippen LogP contribution in [0.1, 0.15) is 57.8 Å². The zero-order valence-corrected chi connectivity index (χ0v) is 14.9. The molecule has 3 nitrogen and oxygen atoms in total. The monoisotopic (exact) mass is 345 g/mol. The van der Waals surface area contributed by atoms with Crippen LogP contribution in [0.25, 0.3) is 0 Å². The lowest BCUT2D eigenvalue weighted by molar-refractivity contribution is -0.117. The molecule has 1 amide bonds. The number of Topliss-reactive ketones (excluding diaryl/α,β-unsaturated/α-hetero) is 1. The molecular weight excluding hydrogens is 322 g/mol. The molecule has 1 aliphatic heterocycles. The number of amides is 1. The standard InChI is InChI=1S/C23H23NO2/c25-19-13-16-7-8-17(12-18(16)14-19)23(26)24-11-3-6-21-20-5-2-1-4-15(20)9-10-22(21)24/h1-2,4-5,7-8,12,21-22H,3,6,9-11,13-14H2/t21?,22-/m0/s1. The molecule has 0 aromatic heterocycles. The molecule has 0 radical (unpaired) electrons. The summed E-state index contributed by atoms with van der Waals surface area (Å²) < 4.78 is 0. The maximum atomic E-state index is 13.3. The van der Waals surface area contributed by atoms with Crippen LogP contribution in [0.3, 0.4) is 0 Å². The van der Waals surface area contributed by atoms with Crippen molar-refractivity contribution in [3.8, 4) is 0 Å². The first-order chi connectivity index (χ1) is 12.7. The highest BCUT2D eigenvalue weighted by Gasteiger charge is 2.38. The van der Waals surface area contributed by atoms with Crippen molar-refractivity contribution in [2.24, 2.45) is 0 Å².